The van der Waals surface area contributed by atoms with E-state index in [4.69, 9.17) is 0 Å². The van der Waals surface area contributed by atoms with Gasteiger partial charge in [-0.2, -0.15) is 0 Å². The van der Waals surface area contributed by atoms with Gasteiger partial charge in [0, 0.05) is 12.1 Å². The van der Waals surface area contributed by atoms with Crippen LogP contribution in [0.15, 0.2) is 11.6 Å². The first-order valence-electron chi connectivity index (χ1n) is 6.46. The van der Waals surface area contributed by atoms with Crippen LogP contribution in [0.1, 0.15) is 48.0 Å². The summed E-state index contributed by atoms with van der Waals surface area (Å²) in [5.74, 6) is 0.144. The minimum Gasteiger partial charge on any atom is -0.331 e. The van der Waals surface area contributed by atoms with E-state index < -0.39 is 0 Å². The van der Waals surface area contributed by atoms with Crippen molar-refractivity contribution in [3.05, 3.63) is 22.2 Å². The lowest BCUT2D eigenvalue weighted by Crippen LogP contribution is -2.44. The Balaban J connectivity index is 1.87. The predicted molar refractivity (Wildman–Crippen MR) is 70.6 cm³/mol. The average Bonchev–Trinajstić information content (AvgIpc) is 2.90. The zero-order valence-corrected chi connectivity index (χ0v) is 11.5. The summed E-state index contributed by atoms with van der Waals surface area (Å²) in [6.45, 7) is 3.96. The molecule has 0 spiro atoms. The van der Waals surface area contributed by atoms with Gasteiger partial charge in [-0.25, -0.2) is 0 Å². The molecule has 0 N–H and O–H groups in total. The second-order valence-corrected chi connectivity index (χ2v) is 5.89. The Kier molecular flexibility index (Phi) is 2.93. The maximum absolute atomic E-state index is 12.6. The second-order valence-electron chi connectivity index (χ2n) is 5.14. The summed E-state index contributed by atoms with van der Waals surface area (Å²) in [5.41, 5.74) is 2.27. The predicted octanol–water partition coefficient (Wildman–Crippen LogP) is 2.56. The van der Waals surface area contributed by atoms with Crippen molar-refractivity contribution in [2.75, 3.05) is 0 Å². The number of hydrogen-bond acceptors (Lipinski definition) is 4. The number of carbonyl (C=O) groups excluding carboxylic acids is 1. The molecule has 2 unspecified atom stereocenters. The zero-order valence-electron chi connectivity index (χ0n) is 10.7. The first-order valence-corrected chi connectivity index (χ1v) is 7.23. The van der Waals surface area contributed by atoms with Crippen LogP contribution in [0.25, 0.3) is 0 Å². The summed E-state index contributed by atoms with van der Waals surface area (Å²) >= 11 is 1.22. The lowest BCUT2D eigenvalue weighted by Gasteiger charge is -2.36. The lowest BCUT2D eigenvalue weighted by atomic mass is 9.96. The van der Waals surface area contributed by atoms with Crippen LogP contribution in [0.2, 0.25) is 0 Å². The van der Waals surface area contributed by atoms with E-state index in [0.717, 1.165) is 36.3 Å². The standard InChI is InChI=1S/C13H17N3OS/c1-3-9-6-10-4-5-11(7-9)16(10)13(17)12-8(2)14-15-18-12/h3,10-11H,4-7H2,1-2H3. The van der Waals surface area contributed by atoms with Crippen molar-refractivity contribution >= 4 is 17.4 Å². The molecular formula is C13H17N3OS. The summed E-state index contributed by atoms with van der Waals surface area (Å²) < 4.78 is 3.87. The number of hydrogen-bond donors (Lipinski definition) is 0. The average molecular weight is 263 g/mol. The fraction of sp³-hybridized carbons (Fsp3) is 0.615. The maximum atomic E-state index is 12.6. The van der Waals surface area contributed by atoms with E-state index in [1.165, 1.54) is 17.1 Å². The molecule has 18 heavy (non-hydrogen) atoms. The molecule has 2 aliphatic heterocycles. The van der Waals surface area contributed by atoms with E-state index in [9.17, 15) is 4.79 Å². The van der Waals surface area contributed by atoms with Crippen LogP contribution in [0.5, 0.6) is 0 Å². The fourth-order valence-corrected chi connectivity index (χ4v) is 3.76. The molecule has 0 saturated carbocycles. The molecule has 3 heterocycles. The monoisotopic (exact) mass is 263 g/mol. The molecule has 0 radical (unpaired) electrons. The Morgan fingerprint density at radius 3 is 2.56 bits per heavy atom. The summed E-state index contributed by atoms with van der Waals surface area (Å²) in [4.78, 5) is 15.4. The first-order chi connectivity index (χ1) is 8.70. The van der Waals surface area contributed by atoms with Gasteiger partial charge in [0.05, 0.1) is 5.69 Å². The summed E-state index contributed by atoms with van der Waals surface area (Å²) in [7, 11) is 0. The molecule has 4 nitrogen and oxygen atoms in total. The van der Waals surface area contributed by atoms with Gasteiger partial charge in [0.1, 0.15) is 4.88 Å². The van der Waals surface area contributed by atoms with E-state index in [1.54, 1.807) is 0 Å². The lowest BCUT2D eigenvalue weighted by molar-refractivity contribution is 0.0638. The number of fused-ring (bicyclic) bond motifs is 2. The third-order valence-electron chi connectivity index (χ3n) is 4.10. The summed E-state index contributed by atoms with van der Waals surface area (Å²) in [6.07, 6.45) is 6.58. The number of nitrogens with zero attached hydrogens (tertiary/aromatic N) is 3. The number of allylic oxidation sites excluding steroid dienone is 1. The van der Waals surface area contributed by atoms with Crippen molar-refractivity contribution in [1.29, 1.82) is 0 Å². The van der Waals surface area contributed by atoms with Gasteiger partial charge in [0.25, 0.3) is 5.91 Å². The van der Waals surface area contributed by atoms with Crippen molar-refractivity contribution < 1.29 is 4.79 Å². The zero-order chi connectivity index (χ0) is 12.7. The molecule has 2 bridgehead atoms. The Hall–Kier alpha value is -1.23. The van der Waals surface area contributed by atoms with Gasteiger partial charge in [-0.15, -0.1) is 5.10 Å². The van der Waals surface area contributed by atoms with Gasteiger partial charge in [-0.05, 0) is 51.1 Å². The topological polar surface area (TPSA) is 46.1 Å². The van der Waals surface area contributed by atoms with Gasteiger partial charge < -0.3 is 4.90 Å². The third-order valence-corrected chi connectivity index (χ3v) is 4.92. The highest BCUT2D eigenvalue weighted by atomic mass is 32.1. The molecule has 1 amide bonds. The highest BCUT2D eigenvalue weighted by Gasteiger charge is 2.42. The van der Waals surface area contributed by atoms with Crippen molar-refractivity contribution in [2.24, 2.45) is 0 Å². The molecule has 96 valence electrons. The van der Waals surface area contributed by atoms with Crippen LogP contribution in [0.4, 0.5) is 0 Å². The molecule has 2 fully saturated rings. The highest BCUT2D eigenvalue weighted by Crippen LogP contribution is 2.39. The molecule has 2 saturated heterocycles. The van der Waals surface area contributed by atoms with Crippen LogP contribution >= 0.6 is 11.5 Å². The van der Waals surface area contributed by atoms with E-state index in [0.29, 0.717) is 12.1 Å². The number of rotatable bonds is 1. The van der Waals surface area contributed by atoms with Gasteiger partial charge >= 0.3 is 0 Å². The molecule has 1 aromatic rings. The van der Waals surface area contributed by atoms with Crippen molar-refractivity contribution in [3.63, 3.8) is 0 Å². The van der Waals surface area contributed by atoms with E-state index in [1.807, 2.05) is 6.92 Å². The minimum atomic E-state index is 0.144. The maximum Gasteiger partial charge on any atom is 0.268 e. The molecule has 5 heteroatoms. The number of piperidine rings is 1. The molecule has 2 aliphatic rings. The van der Waals surface area contributed by atoms with Crippen LogP contribution in [0.3, 0.4) is 0 Å². The van der Waals surface area contributed by atoms with Crippen LogP contribution in [0, 0.1) is 6.92 Å². The molecular weight excluding hydrogens is 246 g/mol. The Bertz CT molecular complexity index is 492. The van der Waals surface area contributed by atoms with Crippen LogP contribution in [-0.4, -0.2) is 32.5 Å². The van der Waals surface area contributed by atoms with Gasteiger partial charge in [-0.3, -0.25) is 4.79 Å². The Labute approximate surface area is 111 Å². The van der Waals surface area contributed by atoms with Crippen molar-refractivity contribution in [1.82, 2.24) is 14.5 Å². The summed E-state index contributed by atoms with van der Waals surface area (Å²) in [6, 6.07) is 0.785. The van der Waals surface area contributed by atoms with Crippen LogP contribution < -0.4 is 0 Å². The fourth-order valence-electron chi connectivity index (χ4n) is 3.16. The van der Waals surface area contributed by atoms with Crippen molar-refractivity contribution in [2.45, 2.75) is 51.6 Å². The minimum absolute atomic E-state index is 0.144. The molecule has 2 atom stereocenters. The Morgan fingerprint density at radius 1 is 1.39 bits per heavy atom. The van der Waals surface area contributed by atoms with Gasteiger partial charge in [0.15, 0.2) is 0 Å². The van der Waals surface area contributed by atoms with E-state index in [2.05, 4.69) is 27.5 Å². The number of amides is 1. The van der Waals surface area contributed by atoms with E-state index in [-0.39, 0.29) is 5.91 Å². The molecule has 0 aliphatic carbocycles. The smallest absolute Gasteiger partial charge is 0.268 e. The molecule has 1 aromatic heterocycles. The second kappa shape index (κ2) is 4.46. The first kappa shape index (κ1) is 11.8. The van der Waals surface area contributed by atoms with Gasteiger partial charge in [-0.1, -0.05) is 16.1 Å². The third kappa shape index (κ3) is 1.77. The Morgan fingerprint density at radius 2 is 2.06 bits per heavy atom. The van der Waals surface area contributed by atoms with Crippen molar-refractivity contribution in [3.8, 4) is 0 Å². The van der Waals surface area contributed by atoms with Gasteiger partial charge in [0.2, 0.25) is 0 Å². The SMILES string of the molecule is CC=C1CC2CCC(C1)N2C(=O)c1snnc1C. The molecule has 0 aromatic carbocycles. The number of aromatic nitrogens is 2. The number of carbonyl (C=O) groups is 1. The number of aryl methyl sites for hydroxylation is 1. The summed E-state index contributed by atoms with van der Waals surface area (Å²) in [5, 5.41) is 3.94. The normalized spacial score (nSPS) is 26.6. The highest BCUT2D eigenvalue weighted by molar-refractivity contribution is 7.07. The van der Waals surface area contributed by atoms with E-state index >= 15 is 0 Å². The van der Waals surface area contributed by atoms with Crippen LogP contribution in [-0.2, 0) is 0 Å². The quantitative estimate of drug-likeness (QED) is 0.732. The largest absolute Gasteiger partial charge is 0.331 e. The molecule has 3 rings (SSSR count).